The summed E-state index contributed by atoms with van der Waals surface area (Å²) in [5.41, 5.74) is 0. The molecular formula is C31H60O2. The third-order valence-corrected chi connectivity index (χ3v) is 7.15. The number of Topliss-reactive ketones (excluding diaryl/α,β-unsaturated/α-hetero) is 2. The lowest BCUT2D eigenvalue weighted by molar-refractivity contribution is -0.135. The molecular weight excluding hydrogens is 404 g/mol. The predicted molar refractivity (Wildman–Crippen MR) is 146 cm³/mol. The van der Waals surface area contributed by atoms with Crippen molar-refractivity contribution in [3.8, 4) is 0 Å². The van der Waals surface area contributed by atoms with Gasteiger partial charge in [0.05, 0.1) is 0 Å². The number of hydrogen-bond acceptors (Lipinski definition) is 2. The van der Waals surface area contributed by atoms with Crippen LogP contribution < -0.4 is 0 Å². The summed E-state index contributed by atoms with van der Waals surface area (Å²) in [5.74, 6) is -0.478. The molecule has 2 nitrogen and oxygen atoms in total. The lowest BCUT2D eigenvalue weighted by Crippen LogP contribution is -2.08. The van der Waals surface area contributed by atoms with Gasteiger partial charge in [-0.1, -0.05) is 167 Å². The zero-order chi connectivity index (χ0) is 24.2. The van der Waals surface area contributed by atoms with Crippen molar-refractivity contribution in [2.24, 2.45) is 0 Å². The zero-order valence-corrected chi connectivity index (χ0v) is 22.9. The first-order valence-electron chi connectivity index (χ1n) is 15.2. The van der Waals surface area contributed by atoms with Crippen molar-refractivity contribution in [1.29, 1.82) is 0 Å². The normalized spacial score (nSPS) is 11.2. The fraction of sp³-hybridized carbons (Fsp3) is 0.935. The molecule has 0 saturated heterocycles. The quantitative estimate of drug-likeness (QED) is 0.0852. The Labute approximate surface area is 208 Å². The van der Waals surface area contributed by atoms with Gasteiger partial charge in [0.25, 0.3) is 0 Å². The summed E-state index contributed by atoms with van der Waals surface area (Å²) in [4.78, 5) is 22.1. The Bertz CT molecular complexity index is 415. The number of rotatable bonds is 28. The lowest BCUT2D eigenvalue weighted by Gasteiger charge is -2.04. The molecule has 196 valence electrons. The van der Waals surface area contributed by atoms with Crippen LogP contribution in [0.3, 0.4) is 0 Å². The molecule has 0 spiro atoms. The van der Waals surface area contributed by atoms with E-state index in [1.165, 1.54) is 161 Å². The summed E-state index contributed by atoms with van der Waals surface area (Å²) >= 11 is 0. The topological polar surface area (TPSA) is 34.1 Å². The van der Waals surface area contributed by atoms with Crippen LogP contribution >= 0.6 is 0 Å². The van der Waals surface area contributed by atoms with Crippen LogP contribution in [0, 0.1) is 0 Å². The smallest absolute Gasteiger partial charge is 0.198 e. The van der Waals surface area contributed by atoms with Crippen molar-refractivity contribution >= 4 is 11.6 Å². The summed E-state index contributed by atoms with van der Waals surface area (Å²) in [6, 6.07) is 0. The molecule has 0 aliphatic rings. The van der Waals surface area contributed by atoms with Crippen molar-refractivity contribution in [3.05, 3.63) is 0 Å². The number of ketones is 2. The van der Waals surface area contributed by atoms with Crippen molar-refractivity contribution < 1.29 is 9.59 Å². The zero-order valence-electron chi connectivity index (χ0n) is 22.9. The Balaban J connectivity index is 3.05. The Hall–Kier alpha value is -0.660. The third-order valence-electron chi connectivity index (χ3n) is 7.15. The van der Waals surface area contributed by atoms with Gasteiger partial charge < -0.3 is 0 Å². The monoisotopic (exact) mass is 464 g/mol. The van der Waals surface area contributed by atoms with E-state index < -0.39 is 0 Å². The number of hydrogen-bond donors (Lipinski definition) is 0. The molecule has 2 heteroatoms. The van der Waals surface area contributed by atoms with Gasteiger partial charge in [-0.3, -0.25) is 9.59 Å². The van der Waals surface area contributed by atoms with Crippen LogP contribution in [-0.2, 0) is 9.59 Å². The standard InChI is InChI=1S/C31H60O2/c1-3-4-5-6-7-8-9-10-11-12-13-14-15-16-17-18-19-20-21-22-23-24-25-26-27-28-29-31(33)30(2)32/h3-29H2,1-2H3. The van der Waals surface area contributed by atoms with Gasteiger partial charge in [-0.15, -0.1) is 0 Å². The summed E-state index contributed by atoms with van der Waals surface area (Å²) in [7, 11) is 0. The maximum atomic E-state index is 11.2. The summed E-state index contributed by atoms with van der Waals surface area (Å²) in [6.07, 6.45) is 36.5. The second kappa shape index (κ2) is 27.6. The minimum Gasteiger partial charge on any atom is -0.291 e. The van der Waals surface area contributed by atoms with Gasteiger partial charge >= 0.3 is 0 Å². The molecule has 0 atom stereocenters. The fourth-order valence-electron chi connectivity index (χ4n) is 4.78. The van der Waals surface area contributed by atoms with Crippen LogP contribution in [-0.4, -0.2) is 11.6 Å². The minimum absolute atomic E-state index is 0.195. The number of carbonyl (C=O) groups is 2. The van der Waals surface area contributed by atoms with Gasteiger partial charge in [0.15, 0.2) is 11.6 Å². The van der Waals surface area contributed by atoms with Crippen LogP contribution in [0.2, 0.25) is 0 Å². The molecule has 0 aromatic heterocycles. The van der Waals surface area contributed by atoms with Crippen molar-refractivity contribution in [1.82, 2.24) is 0 Å². The second-order valence-electron chi connectivity index (χ2n) is 10.6. The van der Waals surface area contributed by atoms with E-state index >= 15 is 0 Å². The molecule has 0 fully saturated rings. The van der Waals surface area contributed by atoms with Crippen molar-refractivity contribution in [2.75, 3.05) is 0 Å². The molecule has 0 N–H and O–H groups in total. The van der Waals surface area contributed by atoms with Gasteiger partial charge in [0, 0.05) is 13.3 Å². The Morgan fingerprint density at radius 3 is 0.788 bits per heavy atom. The summed E-state index contributed by atoms with van der Waals surface area (Å²) < 4.78 is 0. The first kappa shape index (κ1) is 32.3. The van der Waals surface area contributed by atoms with Gasteiger partial charge in [0.2, 0.25) is 0 Å². The Morgan fingerprint density at radius 1 is 0.364 bits per heavy atom. The van der Waals surface area contributed by atoms with Crippen LogP contribution in [0.5, 0.6) is 0 Å². The summed E-state index contributed by atoms with van der Waals surface area (Å²) in [6.45, 7) is 3.67. The molecule has 0 unspecified atom stereocenters. The van der Waals surface area contributed by atoms with Gasteiger partial charge in [-0.2, -0.15) is 0 Å². The average Bonchev–Trinajstić information content (AvgIpc) is 2.81. The van der Waals surface area contributed by atoms with Crippen LogP contribution in [0.25, 0.3) is 0 Å². The number of unbranched alkanes of at least 4 members (excludes halogenated alkanes) is 25. The van der Waals surface area contributed by atoms with Crippen LogP contribution in [0.1, 0.15) is 187 Å². The van der Waals surface area contributed by atoms with E-state index in [4.69, 9.17) is 0 Å². The van der Waals surface area contributed by atoms with E-state index in [9.17, 15) is 9.59 Å². The second-order valence-corrected chi connectivity index (χ2v) is 10.6. The molecule has 0 amide bonds. The van der Waals surface area contributed by atoms with E-state index in [0.717, 1.165) is 12.8 Å². The number of carbonyl (C=O) groups excluding carboxylic acids is 2. The highest BCUT2D eigenvalue weighted by Crippen LogP contribution is 2.16. The van der Waals surface area contributed by atoms with Gasteiger partial charge in [0.1, 0.15) is 0 Å². The molecule has 0 saturated carbocycles. The van der Waals surface area contributed by atoms with E-state index in [2.05, 4.69) is 6.92 Å². The van der Waals surface area contributed by atoms with Crippen molar-refractivity contribution in [2.45, 2.75) is 187 Å². The van der Waals surface area contributed by atoms with Crippen LogP contribution in [0.15, 0.2) is 0 Å². The maximum Gasteiger partial charge on any atom is 0.198 e. The molecule has 0 aliphatic heterocycles. The maximum absolute atomic E-state index is 11.2. The van der Waals surface area contributed by atoms with E-state index in [-0.39, 0.29) is 11.6 Å². The fourth-order valence-corrected chi connectivity index (χ4v) is 4.78. The highest BCUT2D eigenvalue weighted by atomic mass is 16.2. The highest BCUT2D eigenvalue weighted by Gasteiger charge is 2.06. The van der Waals surface area contributed by atoms with E-state index in [1.54, 1.807) is 0 Å². The first-order chi connectivity index (χ1) is 16.2. The molecule has 0 rings (SSSR count). The molecule has 0 aromatic carbocycles. The Kier molecular flexibility index (Phi) is 27.0. The molecule has 0 radical (unpaired) electrons. The average molecular weight is 465 g/mol. The summed E-state index contributed by atoms with van der Waals surface area (Å²) in [5, 5.41) is 0. The Morgan fingerprint density at radius 2 is 0.576 bits per heavy atom. The van der Waals surface area contributed by atoms with Crippen molar-refractivity contribution in [3.63, 3.8) is 0 Å². The third kappa shape index (κ3) is 27.5. The molecule has 0 heterocycles. The largest absolute Gasteiger partial charge is 0.291 e. The lowest BCUT2D eigenvalue weighted by atomic mass is 10.0. The molecule has 0 aromatic rings. The minimum atomic E-state index is -0.283. The first-order valence-corrected chi connectivity index (χ1v) is 15.2. The predicted octanol–water partition coefficient (Wildman–Crippen LogP) is 10.7. The van der Waals surface area contributed by atoms with Gasteiger partial charge in [-0.05, 0) is 6.42 Å². The van der Waals surface area contributed by atoms with E-state index in [0.29, 0.717) is 6.42 Å². The van der Waals surface area contributed by atoms with Gasteiger partial charge in [-0.25, -0.2) is 0 Å². The SMILES string of the molecule is CCCCCCCCCCCCCCCCCCCCCCCCCCCCC(=O)C(C)=O. The molecule has 0 bridgehead atoms. The van der Waals surface area contributed by atoms with E-state index in [1.807, 2.05) is 0 Å². The highest BCUT2D eigenvalue weighted by molar-refractivity contribution is 6.36. The van der Waals surface area contributed by atoms with Crippen LogP contribution in [0.4, 0.5) is 0 Å². The molecule has 33 heavy (non-hydrogen) atoms. The molecule has 0 aliphatic carbocycles.